The molecule has 0 radical (unpaired) electrons. The number of aromatic nitrogens is 2. The van der Waals surface area contributed by atoms with Crippen molar-refractivity contribution in [3.8, 4) is 0 Å². The molecule has 0 aliphatic rings. The highest BCUT2D eigenvalue weighted by Gasteiger charge is 2.21. The third-order valence-corrected chi connectivity index (χ3v) is 2.54. The van der Waals surface area contributed by atoms with Crippen LogP contribution >= 0.6 is 0 Å². The number of nitrogen functional groups attached to an aromatic ring is 1. The van der Waals surface area contributed by atoms with Gasteiger partial charge >= 0.3 is 0 Å². The van der Waals surface area contributed by atoms with Gasteiger partial charge in [0.2, 0.25) is 0 Å². The third-order valence-electron chi connectivity index (χ3n) is 2.54. The quantitative estimate of drug-likeness (QED) is 0.684. The Morgan fingerprint density at radius 2 is 2.13 bits per heavy atom. The summed E-state index contributed by atoms with van der Waals surface area (Å²) in [7, 11) is 0. The van der Waals surface area contributed by atoms with Crippen LogP contribution in [-0.2, 0) is 0 Å². The normalized spacial score (nSPS) is 13.6. The van der Waals surface area contributed by atoms with E-state index in [4.69, 9.17) is 5.73 Å². The first-order valence-corrected chi connectivity index (χ1v) is 4.92. The van der Waals surface area contributed by atoms with Crippen LogP contribution in [0.4, 0.5) is 11.5 Å². The van der Waals surface area contributed by atoms with E-state index in [1.54, 1.807) is 0 Å². The largest absolute Gasteiger partial charge is 0.391 e. The van der Waals surface area contributed by atoms with Gasteiger partial charge in [-0.3, -0.25) is 4.79 Å². The Morgan fingerprint density at radius 1 is 1.53 bits per heavy atom. The molecule has 0 saturated carbocycles. The zero-order valence-corrected chi connectivity index (χ0v) is 9.59. The molecule has 5 heteroatoms. The number of hydrogen-bond donors (Lipinski definition) is 3. The molecule has 15 heavy (non-hydrogen) atoms. The summed E-state index contributed by atoms with van der Waals surface area (Å²) in [5.74, 6) is 0.446. The average Bonchev–Trinajstić information content (AvgIpc) is 2.11. The van der Waals surface area contributed by atoms with E-state index in [0.29, 0.717) is 5.82 Å². The smallest absolute Gasteiger partial charge is 0.276 e. The molecular formula is C10H18N4O. The molecule has 0 spiro atoms. The van der Waals surface area contributed by atoms with Crippen LogP contribution in [0, 0.1) is 5.41 Å². The van der Waals surface area contributed by atoms with Crippen molar-refractivity contribution in [2.24, 2.45) is 5.41 Å². The lowest BCUT2D eigenvalue weighted by Crippen LogP contribution is -2.32. The molecule has 1 unspecified atom stereocenters. The minimum atomic E-state index is -0.311. The fourth-order valence-electron chi connectivity index (χ4n) is 0.947. The van der Waals surface area contributed by atoms with E-state index in [1.807, 2.05) is 6.92 Å². The number of hydrogen-bond acceptors (Lipinski definition) is 4. The lowest BCUT2D eigenvalue weighted by atomic mass is 9.88. The fraction of sp³-hybridized carbons (Fsp3) is 0.600. The molecule has 5 nitrogen and oxygen atoms in total. The molecule has 1 atom stereocenters. The summed E-state index contributed by atoms with van der Waals surface area (Å²) in [6.07, 6.45) is 1.34. The van der Waals surface area contributed by atoms with Gasteiger partial charge in [0.05, 0.1) is 6.33 Å². The van der Waals surface area contributed by atoms with Crippen molar-refractivity contribution in [2.75, 3.05) is 11.1 Å². The van der Waals surface area contributed by atoms with Gasteiger partial charge in [0.1, 0.15) is 5.69 Å². The highest BCUT2D eigenvalue weighted by atomic mass is 16.1. The number of anilines is 2. The Morgan fingerprint density at radius 3 is 2.67 bits per heavy atom. The molecular weight excluding hydrogens is 192 g/mol. The number of nitrogens with two attached hydrogens (primary N) is 1. The number of nitrogens with zero attached hydrogens (tertiary/aromatic N) is 1. The highest BCUT2D eigenvalue weighted by molar-refractivity contribution is 5.59. The predicted octanol–water partition coefficient (Wildman–Crippen LogP) is 1.20. The highest BCUT2D eigenvalue weighted by Crippen LogP contribution is 2.22. The Labute approximate surface area is 89.1 Å². The van der Waals surface area contributed by atoms with Crippen LogP contribution in [0.2, 0.25) is 0 Å². The first kappa shape index (κ1) is 11.6. The van der Waals surface area contributed by atoms with E-state index < -0.39 is 0 Å². The summed E-state index contributed by atoms with van der Waals surface area (Å²) in [6, 6.07) is 0.175. The number of nitrogens with one attached hydrogen (secondary N) is 2. The molecule has 4 N–H and O–H groups in total. The Balaban J connectivity index is 2.91. The van der Waals surface area contributed by atoms with Gasteiger partial charge in [-0.1, -0.05) is 20.8 Å². The average molecular weight is 210 g/mol. The van der Waals surface area contributed by atoms with Crippen LogP contribution in [-0.4, -0.2) is 16.0 Å². The lowest BCUT2D eigenvalue weighted by Gasteiger charge is -2.28. The van der Waals surface area contributed by atoms with Crippen LogP contribution in [0.25, 0.3) is 0 Å². The fourth-order valence-corrected chi connectivity index (χ4v) is 0.947. The van der Waals surface area contributed by atoms with Gasteiger partial charge in [-0.2, -0.15) is 0 Å². The summed E-state index contributed by atoms with van der Waals surface area (Å²) in [5, 5.41) is 3.13. The van der Waals surface area contributed by atoms with Crippen molar-refractivity contribution in [3.63, 3.8) is 0 Å². The first-order chi connectivity index (χ1) is 6.82. The summed E-state index contributed by atoms with van der Waals surface area (Å²) >= 11 is 0. The molecule has 1 rings (SSSR count). The second-order valence-corrected chi connectivity index (χ2v) is 4.73. The van der Waals surface area contributed by atoms with Gasteiger partial charge in [-0.05, 0) is 12.3 Å². The Kier molecular flexibility index (Phi) is 3.02. The Bertz CT molecular complexity index is 391. The molecule has 0 amide bonds. The predicted molar refractivity (Wildman–Crippen MR) is 61.8 cm³/mol. The molecule has 1 aromatic heterocycles. The van der Waals surface area contributed by atoms with Crippen LogP contribution in [0.15, 0.2) is 11.1 Å². The van der Waals surface area contributed by atoms with E-state index in [0.717, 1.165) is 0 Å². The van der Waals surface area contributed by atoms with E-state index >= 15 is 0 Å². The second-order valence-electron chi connectivity index (χ2n) is 4.73. The van der Waals surface area contributed by atoms with Gasteiger partial charge in [0, 0.05) is 6.04 Å². The monoisotopic (exact) mass is 210 g/mol. The standard InChI is InChI=1S/C10H18N4O/c1-6(10(2,3)4)14-8-7(11)9(15)13-5-12-8/h5-6H,11H2,1-4H3,(H2,12,13,14,15). The summed E-state index contributed by atoms with van der Waals surface area (Å²) in [5.41, 5.74) is 5.51. The van der Waals surface area contributed by atoms with Gasteiger partial charge in [-0.15, -0.1) is 0 Å². The maximum atomic E-state index is 11.2. The van der Waals surface area contributed by atoms with Crippen molar-refractivity contribution < 1.29 is 0 Å². The molecule has 84 valence electrons. The van der Waals surface area contributed by atoms with E-state index in [9.17, 15) is 4.79 Å². The van der Waals surface area contributed by atoms with Crippen molar-refractivity contribution in [1.82, 2.24) is 9.97 Å². The molecule has 0 aliphatic carbocycles. The third kappa shape index (κ3) is 2.71. The van der Waals surface area contributed by atoms with Crippen molar-refractivity contribution >= 4 is 11.5 Å². The van der Waals surface area contributed by atoms with E-state index in [-0.39, 0.29) is 22.7 Å². The Hall–Kier alpha value is -1.52. The molecule has 0 saturated heterocycles. The van der Waals surface area contributed by atoms with Crippen LogP contribution < -0.4 is 16.6 Å². The number of H-pyrrole nitrogens is 1. The zero-order valence-electron chi connectivity index (χ0n) is 9.59. The number of aromatic amines is 1. The topological polar surface area (TPSA) is 83.8 Å². The SMILES string of the molecule is CC(Nc1nc[nH]c(=O)c1N)C(C)(C)C. The van der Waals surface area contributed by atoms with Crippen molar-refractivity contribution in [2.45, 2.75) is 33.7 Å². The minimum absolute atomic E-state index is 0.0801. The molecule has 0 bridgehead atoms. The number of rotatable bonds is 2. The minimum Gasteiger partial charge on any atom is -0.391 e. The van der Waals surface area contributed by atoms with Crippen LogP contribution in [0.1, 0.15) is 27.7 Å². The molecule has 1 aromatic rings. The zero-order chi connectivity index (χ0) is 11.6. The first-order valence-electron chi connectivity index (χ1n) is 4.92. The van der Waals surface area contributed by atoms with Gasteiger partial charge in [-0.25, -0.2) is 4.98 Å². The maximum Gasteiger partial charge on any atom is 0.276 e. The molecule has 0 aromatic carbocycles. The van der Waals surface area contributed by atoms with Gasteiger partial charge < -0.3 is 16.0 Å². The van der Waals surface area contributed by atoms with E-state index in [2.05, 4.69) is 36.1 Å². The molecule has 0 fully saturated rings. The second kappa shape index (κ2) is 3.92. The maximum absolute atomic E-state index is 11.2. The van der Waals surface area contributed by atoms with Crippen molar-refractivity contribution in [3.05, 3.63) is 16.7 Å². The summed E-state index contributed by atoms with van der Waals surface area (Å²) in [4.78, 5) is 17.6. The van der Waals surface area contributed by atoms with Gasteiger partial charge in [0.15, 0.2) is 5.82 Å². The van der Waals surface area contributed by atoms with Crippen LogP contribution in [0.5, 0.6) is 0 Å². The molecule has 1 heterocycles. The van der Waals surface area contributed by atoms with Crippen LogP contribution in [0.3, 0.4) is 0 Å². The molecule has 0 aliphatic heterocycles. The van der Waals surface area contributed by atoms with E-state index in [1.165, 1.54) is 6.33 Å². The summed E-state index contributed by atoms with van der Waals surface area (Å²) < 4.78 is 0. The van der Waals surface area contributed by atoms with Gasteiger partial charge in [0.25, 0.3) is 5.56 Å². The lowest BCUT2D eigenvalue weighted by molar-refractivity contribution is 0.359. The summed E-state index contributed by atoms with van der Waals surface area (Å²) in [6.45, 7) is 8.35. The van der Waals surface area contributed by atoms with Crippen molar-refractivity contribution in [1.29, 1.82) is 0 Å².